The number of halogens is 3. The van der Waals surface area contributed by atoms with E-state index in [1.165, 1.54) is 6.07 Å². The van der Waals surface area contributed by atoms with Crippen LogP contribution in [0.25, 0.3) is 0 Å². The second-order valence-electron chi connectivity index (χ2n) is 5.17. The normalized spacial score (nSPS) is 11.1. The first-order valence-electron chi connectivity index (χ1n) is 7.26. The monoisotopic (exact) mass is 466 g/mol. The summed E-state index contributed by atoms with van der Waals surface area (Å²) in [7, 11) is 3.60. The first kappa shape index (κ1) is 20.8. The van der Waals surface area contributed by atoms with E-state index in [1.54, 1.807) is 18.4 Å². The lowest BCUT2D eigenvalue weighted by Crippen LogP contribution is -2.39. The van der Waals surface area contributed by atoms with E-state index in [4.69, 9.17) is 0 Å². The van der Waals surface area contributed by atoms with Gasteiger partial charge in [-0.2, -0.15) is 0 Å². The number of hydrogen-bond donors (Lipinski definition) is 1. The van der Waals surface area contributed by atoms with Crippen molar-refractivity contribution in [1.29, 1.82) is 0 Å². The third-order valence-corrected chi connectivity index (χ3v) is 4.15. The predicted molar refractivity (Wildman–Crippen MR) is 105 cm³/mol. The van der Waals surface area contributed by atoms with Crippen molar-refractivity contribution >= 4 is 41.3 Å². The van der Waals surface area contributed by atoms with Crippen LogP contribution in [0.15, 0.2) is 28.6 Å². The number of aliphatic imine (C=N–C) groups is 1. The van der Waals surface area contributed by atoms with E-state index in [1.807, 2.05) is 24.3 Å². The van der Waals surface area contributed by atoms with Gasteiger partial charge in [0, 0.05) is 26.0 Å². The standard InChI is InChI=1S/C16H20F2N4S.HI/c1-11-21-14(10-23-11)9-22(3)16(19-2)20-7-6-12-8-13(17)4-5-15(12)18;/h4-5,8,10H,6-7,9H2,1-3H3,(H,19,20);1H. The minimum Gasteiger partial charge on any atom is -0.356 e. The highest BCUT2D eigenvalue weighted by Gasteiger charge is 2.09. The van der Waals surface area contributed by atoms with Crippen molar-refractivity contribution in [2.45, 2.75) is 19.9 Å². The maximum absolute atomic E-state index is 13.6. The Labute approximate surface area is 162 Å². The maximum Gasteiger partial charge on any atom is 0.193 e. The molecule has 1 N–H and O–H groups in total. The van der Waals surface area contributed by atoms with E-state index < -0.39 is 11.6 Å². The average Bonchev–Trinajstić information content (AvgIpc) is 2.92. The lowest BCUT2D eigenvalue weighted by Gasteiger charge is -2.21. The Morgan fingerprint density at radius 2 is 2.12 bits per heavy atom. The molecule has 0 fully saturated rings. The number of hydrogen-bond acceptors (Lipinski definition) is 3. The molecule has 1 heterocycles. The molecule has 24 heavy (non-hydrogen) atoms. The van der Waals surface area contributed by atoms with E-state index in [2.05, 4.69) is 15.3 Å². The number of guanidine groups is 1. The van der Waals surface area contributed by atoms with Crippen molar-refractivity contribution in [1.82, 2.24) is 15.2 Å². The summed E-state index contributed by atoms with van der Waals surface area (Å²) in [5.41, 5.74) is 1.33. The molecule has 4 nitrogen and oxygen atoms in total. The van der Waals surface area contributed by atoms with Gasteiger partial charge in [0.1, 0.15) is 11.6 Å². The zero-order chi connectivity index (χ0) is 16.8. The first-order chi connectivity index (χ1) is 11.0. The van der Waals surface area contributed by atoms with Gasteiger partial charge in [-0.3, -0.25) is 4.99 Å². The summed E-state index contributed by atoms with van der Waals surface area (Å²) < 4.78 is 26.7. The quantitative estimate of drug-likeness (QED) is 0.416. The van der Waals surface area contributed by atoms with Crippen molar-refractivity contribution < 1.29 is 8.78 Å². The molecule has 0 atom stereocenters. The summed E-state index contributed by atoms with van der Waals surface area (Å²) in [5.74, 6) is -0.135. The van der Waals surface area contributed by atoms with Crippen LogP contribution in [0, 0.1) is 18.6 Å². The van der Waals surface area contributed by atoms with Gasteiger partial charge >= 0.3 is 0 Å². The molecule has 0 aliphatic rings. The summed E-state index contributed by atoms with van der Waals surface area (Å²) >= 11 is 1.61. The van der Waals surface area contributed by atoms with Crippen molar-refractivity contribution in [2.24, 2.45) is 4.99 Å². The molecule has 8 heteroatoms. The molecule has 0 aliphatic heterocycles. The second kappa shape index (κ2) is 9.87. The molecule has 0 aliphatic carbocycles. The van der Waals surface area contributed by atoms with E-state index in [0.717, 1.165) is 22.8 Å². The largest absolute Gasteiger partial charge is 0.356 e. The van der Waals surface area contributed by atoms with E-state index >= 15 is 0 Å². The van der Waals surface area contributed by atoms with Gasteiger partial charge in [0.25, 0.3) is 0 Å². The fraction of sp³-hybridized carbons (Fsp3) is 0.375. The molecular weight excluding hydrogens is 445 g/mol. The van der Waals surface area contributed by atoms with Gasteiger partial charge in [-0.05, 0) is 37.1 Å². The van der Waals surface area contributed by atoms with Gasteiger partial charge in [0.05, 0.1) is 17.2 Å². The number of aromatic nitrogens is 1. The van der Waals surface area contributed by atoms with Crippen LogP contribution in [0.2, 0.25) is 0 Å². The lowest BCUT2D eigenvalue weighted by atomic mass is 10.1. The lowest BCUT2D eigenvalue weighted by molar-refractivity contribution is 0.470. The molecule has 0 saturated heterocycles. The van der Waals surface area contributed by atoms with Crippen LogP contribution in [-0.2, 0) is 13.0 Å². The number of rotatable bonds is 5. The summed E-state index contributed by atoms with van der Waals surface area (Å²) in [6.45, 7) is 3.07. The van der Waals surface area contributed by atoms with Gasteiger partial charge < -0.3 is 10.2 Å². The number of aryl methyl sites for hydroxylation is 1. The summed E-state index contributed by atoms with van der Waals surface area (Å²) in [6.07, 6.45) is 0.381. The number of nitrogens with zero attached hydrogens (tertiary/aromatic N) is 3. The summed E-state index contributed by atoms with van der Waals surface area (Å²) in [4.78, 5) is 10.6. The number of nitrogens with one attached hydrogen (secondary N) is 1. The van der Waals surface area contributed by atoms with Gasteiger partial charge in [-0.25, -0.2) is 13.8 Å². The Kier molecular flexibility index (Phi) is 8.54. The minimum atomic E-state index is -0.429. The van der Waals surface area contributed by atoms with Gasteiger partial charge in [0.2, 0.25) is 0 Å². The molecule has 0 unspecified atom stereocenters. The van der Waals surface area contributed by atoms with Crippen molar-refractivity contribution in [3.63, 3.8) is 0 Å². The maximum atomic E-state index is 13.6. The highest BCUT2D eigenvalue weighted by Crippen LogP contribution is 2.11. The molecule has 1 aromatic heterocycles. The smallest absolute Gasteiger partial charge is 0.193 e. The minimum absolute atomic E-state index is 0. The second-order valence-corrected chi connectivity index (χ2v) is 6.24. The Morgan fingerprint density at radius 1 is 1.38 bits per heavy atom. The Hall–Kier alpha value is -1.29. The molecule has 1 aromatic carbocycles. The molecule has 0 radical (unpaired) electrons. The molecule has 2 aromatic rings. The molecular formula is C16H21F2IN4S. The predicted octanol–water partition coefficient (Wildman–Crippen LogP) is 3.60. The average molecular weight is 466 g/mol. The van der Waals surface area contributed by atoms with Gasteiger partial charge in [-0.1, -0.05) is 0 Å². The van der Waals surface area contributed by atoms with Crippen LogP contribution in [0.1, 0.15) is 16.3 Å². The van der Waals surface area contributed by atoms with Crippen LogP contribution in [0.3, 0.4) is 0 Å². The van der Waals surface area contributed by atoms with E-state index in [0.29, 0.717) is 31.0 Å². The molecule has 0 spiro atoms. The zero-order valence-corrected chi connectivity index (χ0v) is 17.0. The highest BCUT2D eigenvalue weighted by molar-refractivity contribution is 14.0. The molecule has 0 amide bonds. The van der Waals surface area contributed by atoms with Crippen molar-refractivity contribution in [3.8, 4) is 0 Å². The SMILES string of the molecule is CN=C(NCCc1cc(F)ccc1F)N(C)Cc1csc(C)n1.I. The topological polar surface area (TPSA) is 40.5 Å². The Morgan fingerprint density at radius 3 is 2.75 bits per heavy atom. The van der Waals surface area contributed by atoms with Crippen LogP contribution in [0.5, 0.6) is 0 Å². The fourth-order valence-electron chi connectivity index (χ4n) is 2.23. The highest BCUT2D eigenvalue weighted by atomic mass is 127. The first-order valence-corrected chi connectivity index (χ1v) is 8.14. The third kappa shape index (κ3) is 5.97. The van der Waals surface area contributed by atoms with Crippen molar-refractivity contribution in [3.05, 3.63) is 51.5 Å². The van der Waals surface area contributed by atoms with Crippen molar-refractivity contribution in [2.75, 3.05) is 20.6 Å². The summed E-state index contributed by atoms with van der Waals surface area (Å²) in [5, 5.41) is 6.19. The third-order valence-electron chi connectivity index (χ3n) is 3.32. The summed E-state index contributed by atoms with van der Waals surface area (Å²) in [6, 6.07) is 3.49. The zero-order valence-electron chi connectivity index (χ0n) is 13.8. The van der Waals surface area contributed by atoms with Crippen LogP contribution < -0.4 is 5.32 Å². The van der Waals surface area contributed by atoms with Gasteiger partial charge in [-0.15, -0.1) is 35.3 Å². The Balaban J connectivity index is 0.00000288. The van der Waals surface area contributed by atoms with Crippen LogP contribution >= 0.6 is 35.3 Å². The van der Waals surface area contributed by atoms with E-state index in [-0.39, 0.29) is 24.0 Å². The molecule has 2 rings (SSSR count). The number of thiazole rings is 1. The van der Waals surface area contributed by atoms with Crippen LogP contribution in [0.4, 0.5) is 8.78 Å². The van der Waals surface area contributed by atoms with E-state index in [9.17, 15) is 8.78 Å². The van der Waals surface area contributed by atoms with Gasteiger partial charge in [0.15, 0.2) is 5.96 Å². The molecule has 132 valence electrons. The number of benzene rings is 1. The fourth-order valence-corrected chi connectivity index (χ4v) is 2.83. The Bertz CT molecular complexity index is 690. The molecule has 0 bridgehead atoms. The van der Waals surface area contributed by atoms with Crippen LogP contribution in [-0.4, -0.2) is 36.5 Å². The molecule has 0 saturated carbocycles.